The second-order valence-electron chi connectivity index (χ2n) is 7.32. The lowest BCUT2D eigenvalue weighted by Gasteiger charge is -2.08. The number of carbonyl (C=O) groups excluding carboxylic acids is 1. The van der Waals surface area contributed by atoms with Crippen molar-refractivity contribution in [3.63, 3.8) is 0 Å². The Labute approximate surface area is 200 Å². The Hall–Kier alpha value is -0.810. The van der Waals surface area contributed by atoms with E-state index in [2.05, 4.69) is 13.8 Å². The maximum atomic E-state index is 11.4. The molecule has 0 saturated carbocycles. The zero-order valence-corrected chi connectivity index (χ0v) is 21.0. The van der Waals surface area contributed by atoms with Crippen LogP contribution >= 0.6 is 0 Å². The topological polar surface area (TPSA) is 90.9 Å². The summed E-state index contributed by atoms with van der Waals surface area (Å²) in [5, 5.41) is 0. The lowest BCUT2D eigenvalue weighted by Crippen LogP contribution is -2.15. The summed E-state index contributed by atoms with van der Waals surface area (Å²) in [6.45, 7) is 12.2. The van der Waals surface area contributed by atoms with Crippen LogP contribution in [0.2, 0.25) is 0 Å². The number of hydrogen-bond acceptors (Lipinski definition) is 9. The molecule has 0 aliphatic heterocycles. The molecular weight excluding hydrogens is 432 g/mol. The van der Waals surface area contributed by atoms with Gasteiger partial charge in [-0.3, -0.25) is 4.79 Å². The Morgan fingerprint density at radius 2 is 0.758 bits per heavy atom. The third-order valence-corrected chi connectivity index (χ3v) is 4.35. The van der Waals surface area contributed by atoms with Gasteiger partial charge in [-0.2, -0.15) is 0 Å². The SMILES string of the molecule is CCCCCC(=O)OCCOCCOCCOCCOCCOCCOCCOCCCC. The molecule has 9 heteroatoms. The first-order valence-corrected chi connectivity index (χ1v) is 12.5. The van der Waals surface area contributed by atoms with Gasteiger partial charge >= 0.3 is 5.97 Å². The van der Waals surface area contributed by atoms with Crippen LogP contribution in [0.15, 0.2) is 0 Å². The fraction of sp³-hybridized carbons (Fsp3) is 0.958. The lowest BCUT2D eigenvalue weighted by molar-refractivity contribution is -0.145. The number of unbranched alkanes of at least 4 members (excludes halogenated alkanes) is 3. The zero-order valence-electron chi connectivity index (χ0n) is 21.0. The van der Waals surface area contributed by atoms with E-state index >= 15 is 0 Å². The average Bonchev–Trinajstić information content (AvgIpc) is 2.82. The fourth-order valence-electron chi connectivity index (χ4n) is 2.47. The van der Waals surface area contributed by atoms with Crippen molar-refractivity contribution in [3.8, 4) is 0 Å². The van der Waals surface area contributed by atoms with Gasteiger partial charge in [0.1, 0.15) is 6.61 Å². The molecule has 0 heterocycles. The minimum atomic E-state index is -0.152. The molecule has 0 aliphatic carbocycles. The zero-order chi connectivity index (χ0) is 24.1. The van der Waals surface area contributed by atoms with E-state index in [1.807, 2.05) is 0 Å². The molecule has 33 heavy (non-hydrogen) atoms. The van der Waals surface area contributed by atoms with Gasteiger partial charge in [0, 0.05) is 13.0 Å². The third kappa shape index (κ3) is 29.2. The molecule has 9 nitrogen and oxygen atoms in total. The van der Waals surface area contributed by atoms with Crippen molar-refractivity contribution in [2.45, 2.75) is 52.4 Å². The standard InChI is InChI=1S/C24H48O9/c1-3-5-7-8-24(25)33-23-22-32-21-20-31-19-18-30-17-16-29-15-14-28-13-12-27-11-10-26-9-6-4-2/h3-23H2,1-2H3. The van der Waals surface area contributed by atoms with Crippen molar-refractivity contribution in [1.29, 1.82) is 0 Å². The summed E-state index contributed by atoms with van der Waals surface area (Å²) in [6.07, 6.45) is 5.77. The predicted octanol–water partition coefficient (Wildman–Crippen LogP) is 3.03. The molecule has 0 amide bonds. The molecule has 0 spiro atoms. The van der Waals surface area contributed by atoms with E-state index in [9.17, 15) is 4.79 Å². The largest absolute Gasteiger partial charge is 0.463 e. The smallest absolute Gasteiger partial charge is 0.305 e. The van der Waals surface area contributed by atoms with Crippen molar-refractivity contribution in [3.05, 3.63) is 0 Å². The average molecular weight is 481 g/mol. The van der Waals surface area contributed by atoms with Crippen LogP contribution in [0.1, 0.15) is 52.4 Å². The van der Waals surface area contributed by atoms with E-state index in [1.54, 1.807) is 0 Å². The first-order valence-electron chi connectivity index (χ1n) is 12.5. The fourth-order valence-corrected chi connectivity index (χ4v) is 2.47. The third-order valence-electron chi connectivity index (χ3n) is 4.35. The second-order valence-corrected chi connectivity index (χ2v) is 7.32. The van der Waals surface area contributed by atoms with Gasteiger partial charge in [0.25, 0.3) is 0 Å². The van der Waals surface area contributed by atoms with E-state index in [-0.39, 0.29) is 5.97 Å². The van der Waals surface area contributed by atoms with E-state index < -0.39 is 0 Å². The highest BCUT2D eigenvalue weighted by atomic mass is 16.6. The molecule has 0 radical (unpaired) electrons. The summed E-state index contributed by atoms with van der Waals surface area (Å²) in [5.74, 6) is -0.152. The summed E-state index contributed by atoms with van der Waals surface area (Å²) in [4.78, 5) is 11.4. The Balaban J connectivity index is 3.06. The van der Waals surface area contributed by atoms with Crippen molar-refractivity contribution >= 4 is 5.97 Å². The number of esters is 1. The highest BCUT2D eigenvalue weighted by Gasteiger charge is 2.01. The van der Waals surface area contributed by atoms with Gasteiger partial charge < -0.3 is 37.9 Å². The van der Waals surface area contributed by atoms with Gasteiger partial charge in [-0.05, 0) is 12.8 Å². The molecule has 0 aromatic heterocycles. The number of carbonyl (C=O) groups is 1. The van der Waals surface area contributed by atoms with Crippen LogP contribution in [0, 0.1) is 0 Å². The summed E-state index contributed by atoms with van der Waals surface area (Å²) < 4.78 is 43.0. The molecule has 0 atom stereocenters. The van der Waals surface area contributed by atoms with E-state index in [0.29, 0.717) is 98.9 Å². The Morgan fingerprint density at radius 3 is 1.12 bits per heavy atom. The minimum Gasteiger partial charge on any atom is -0.463 e. The van der Waals surface area contributed by atoms with Gasteiger partial charge in [-0.1, -0.05) is 33.1 Å². The minimum absolute atomic E-state index is 0.152. The molecule has 0 unspecified atom stereocenters. The maximum Gasteiger partial charge on any atom is 0.305 e. The number of hydrogen-bond donors (Lipinski definition) is 0. The van der Waals surface area contributed by atoms with E-state index in [1.165, 1.54) is 0 Å². The number of rotatable bonds is 28. The van der Waals surface area contributed by atoms with E-state index in [4.69, 9.17) is 37.9 Å². The van der Waals surface area contributed by atoms with Crippen LogP contribution in [0.5, 0.6) is 0 Å². The molecule has 0 bridgehead atoms. The molecule has 0 saturated heterocycles. The van der Waals surface area contributed by atoms with Crippen LogP contribution in [0.4, 0.5) is 0 Å². The highest BCUT2D eigenvalue weighted by molar-refractivity contribution is 5.69. The Bertz CT molecular complexity index is 383. The van der Waals surface area contributed by atoms with Crippen LogP contribution < -0.4 is 0 Å². The van der Waals surface area contributed by atoms with Crippen molar-refractivity contribution in [2.24, 2.45) is 0 Å². The van der Waals surface area contributed by atoms with Crippen LogP contribution in [-0.4, -0.2) is 105 Å². The van der Waals surface area contributed by atoms with Crippen LogP contribution in [0.25, 0.3) is 0 Å². The van der Waals surface area contributed by atoms with Crippen molar-refractivity contribution in [2.75, 3.05) is 99.1 Å². The first kappa shape index (κ1) is 32.2. The summed E-state index contributed by atoms with van der Waals surface area (Å²) in [5.41, 5.74) is 0. The van der Waals surface area contributed by atoms with Crippen molar-refractivity contribution in [1.82, 2.24) is 0 Å². The Kier molecular flexibility index (Phi) is 28.5. The number of ether oxygens (including phenoxy) is 8. The van der Waals surface area contributed by atoms with Gasteiger partial charge in [0.15, 0.2) is 0 Å². The summed E-state index contributed by atoms with van der Waals surface area (Å²) in [7, 11) is 0. The molecule has 198 valence electrons. The highest BCUT2D eigenvalue weighted by Crippen LogP contribution is 2.00. The van der Waals surface area contributed by atoms with Crippen LogP contribution in [0.3, 0.4) is 0 Å². The van der Waals surface area contributed by atoms with Gasteiger partial charge in [-0.15, -0.1) is 0 Å². The second kappa shape index (κ2) is 29.2. The molecule has 0 aromatic carbocycles. The van der Waals surface area contributed by atoms with Crippen molar-refractivity contribution < 1.29 is 42.7 Å². The molecule has 0 aliphatic rings. The van der Waals surface area contributed by atoms with Gasteiger partial charge in [-0.25, -0.2) is 0 Å². The normalized spacial score (nSPS) is 11.2. The lowest BCUT2D eigenvalue weighted by atomic mass is 10.2. The van der Waals surface area contributed by atoms with Crippen LogP contribution in [-0.2, 0) is 42.7 Å². The van der Waals surface area contributed by atoms with Gasteiger partial charge in [0.2, 0.25) is 0 Å². The van der Waals surface area contributed by atoms with Gasteiger partial charge in [0.05, 0.1) is 85.9 Å². The van der Waals surface area contributed by atoms with E-state index in [0.717, 1.165) is 38.7 Å². The Morgan fingerprint density at radius 1 is 0.424 bits per heavy atom. The summed E-state index contributed by atoms with van der Waals surface area (Å²) >= 11 is 0. The molecule has 0 N–H and O–H groups in total. The first-order chi connectivity index (χ1) is 16.3. The molecular formula is C24H48O9. The monoisotopic (exact) mass is 480 g/mol. The maximum absolute atomic E-state index is 11.4. The summed E-state index contributed by atoms with van der Waals surface area (Å²) in [6, 6.07) is 0. The molecule has 0 fully saturated rings. The predicted molar refractivity (Wildman–Crippen MR) is 126 cm³/mol. The quantitative estimate of drug-likeness (QED) is 0.124. The molecule has 0 aromatic rings. The molecule has 0 rings (SSSR count).